The van der Waals surface area contributed by atoms with Crippen molar-refractivity contribution in [2.45, 2.75) is 64.5 Å². The molecule has 2 rings (SSSR count). The molecule has 1 N–H and O–H groups in total. The second kappa shape index (κ2) is 8.68. The molecule has 0 saturated heterocycles. The predicted octanol–water partition coefficient (Wildman–Crippen LogP) is 4.13. The Morgan fingerprint density at radius 2 is 2.20 bits per heavy atom. The molecule has 1 aliphatic rings. The Labute approximate surface area is 128 Å². The third-order valence-electron chi connectivity index (χ3n) is 4.32. The zero-order chi connectivity index (χ0) is 14.2. The van der Waals surface area contributed by atoms with Crippen LogP contribution in [0.3, 0.4) is 0 Å². The van der Waals surface area contributed by atoms with Crippen LogP contribution in [0.4, 0.5) is 0 Å². The van der Waals surface area contributed by atoms with Gasteiger partial charge in [-0.3, -0.25) is 4.68 Å². The number of hydrogen-bond donors (Lipinski definition) is 1. The SMILES string of the molecule is CCCC(CCCl)CNCc1ccn(C2CCCC2)n1. The first-order chi connectivity index (χ1) is 9.83. The number of hydrogen-bond acceptors (Lipinski definition) is 2. The van der Waals surface area contributed by atoms with E-state index in [2.05, 4.69) is 29.2 Å². The van der Waals surface area contributed by atoms with Crippen LogP contribution in [0.25, 0.3) is 0 Å². The van der Waals surface area contributed by atoms with E-state index < -0.39 is 0 Å². The number of alkyl halides is 1. The maximum absolute atomic E-state index is 5.86. The normalized spacial score (nSPS) is 17.7. The van der Waals surface area contributed by atoms with Crippen LogP contribution in [0.5, 0.6) is 0 Å². The fraction of sp³-hybridized carbons (Fsp3) is 0.812. The molecule has 0 spiro atoms. The van der Waals surface area contributed by atoms with Gasteiger partial charge < -0.3 is 5.32 Å². The Morgan fingerprint density at radius 3 is 2.90 bits per heavy atom. The summed E-state index contributed by atoms with van der Waals surface area (Å²) in [5, 5.41) is 8.25. The highest BCUT2D eigenvalue weighted by Gasteiger charge is 2.17. The summed E-state index contributed by atoms with van der Waals surface area (Å²) < 4.78 is 2.17. The first-order valence-corrected chi connectivity index (χ1v) is 8.67. The lowest BCUT2D eigenvalue weighted by Crippen LogP contribution is -2.23. The minimum atomic E-state index is 0.646. The van der Waals surface area contributed by atoms with E-state index in [4.69, 9.17) is 16.7 Å². The van der Waals surface area contributed by atoms with Crippen LogP contribution in [-0.4, -0.2) is 22.2 Å². The van der Waals surface area contributed by atoms with Gasteiger partial charge in [0.05, 0.1) is 11.7 Å². The van der Waals surface area contributed by atoms with Gasteiger partial charge in [-0.1, -0.05) is 26.2 Å². The monoisotopic (exact) mass is 297 g/mol. The van der Waals surface area contributed by atoms with Crippen molar-refractivity contribution in [3.8, 4) is 0 Å². The van der Waals surface area contributed by atoms with Crippen molar-refractivity contribution in [1.82, 2.24) is 15.1 Å². The van der Waals surface area contributed by atoms with Crippen LogP contribution in [0.1, 0.15) is 63.6 Å². The summed E-state index contributed by atoms with van der Waals surface area (Å²) in [4.78, 5) is 0. The molecule has 20 heavy (non-hydrogen) atoms. The number of nitrogens with zero attached hydrogens (tertiary/aromatic N) is 2. The molecule has 0 radical (unpaired) electrons. The van der Waals surface area contributed by atoms with Crippen molar-refractivity contribution in [1.29, 1.82) is 0 Å². The van der Waals surface area contributed by atoms with E-state index in [1.54, 1.807) is 0 Å². The summed E-state index contributed by atoms with van der Waals surface area (Å²) in [5.41, 5.74) is 1.16. The van der Waals surface area contributed by atoms with Crippen molar-refractivity contribution < 1.29 is 0 Å². The Morgan fingerprint density at radius 1 is 1.40 bits per heavy atom. The molecule has 1 unspecified atom stereocenters. The number of nitrogens with one attached hydrogen (secondary N) is 1. The smallest absolute Gasteiger partial charge is 0.0762 e. The first kappa shape index (κ1) is 15.8. The molecule has 1 aliphatic carbocycles. The topological polar surface area (TPSA) is 29.9 Å². The van der Waals surface area contributed by atoms with Gasteiger partial charge in [0.1, 0.15) is 0 Å². The minimum Gasteiger partial charge on any atom is -0.311 e. The predicted molar refractivity (Wildman–Crippen MR) is 85.2 cm³/mol. The van der Waals surface area contributed by atoms with E-state index in [-0.39, 0.29) is 0 Å². The standard InChI is InChI=1S/C16H28ClN3/c1-2-5-14(8-10-17)12-18-13-15-9-11-20(19-15)16-6-3-4-7-16/h9,11,14,16,18H,2-8,10,12-13H2,1H3. The van der Waals surface area contributed by atoms with E-state index in [0.29, 0.717) is 12.0 Å². The molecular weight excluding hydrogens is 270 g/mol. The molecular formula is C16H28ClN3. The van der Waals surface area contributed by atoms with E-state index >= 15 is 0 Å². The number of halogens is 1. The van der Waals surface area contributed by atoms with Gasteiger partial charge in [0.2, 0.25) is 0 Å². The quantitative estimate of drug-likeness (QED) is 0.695. The molecule has 0 bridgehead atoms. The van der Waals surface area contributed by atoms with Gasteiger partial charge in [0.25, 0.3) is 0 Å². The van der Waals surface area contributed by atoms with Gasteiger partial charge in [-0.05, 0) is 44.2 Å². The molecule has 1 aromatic rings. The molecule has 1 fully saturated rings. The lowest BCUT2D eigenvalue weighted by atomic mass is 10.0. The third-order valence-corrected chi connectivity index (χ3v) is 4.53. The Hall–Kier alpha value is -0.540. The molecule has 1 atom stereocenters. The van der Waals surface area contributed by atoms with Crippen molar-refractivity contribution in [3.05, 3.63) is 18.0 Å². The fourth-order valence-electron chi connectivity index (χ4n) is 3.16. The van der Waals surface area contributed by atoms with Gasteiger partial charge in [0, 0.05) is 18.6 Å². The van der Waals surface area contributed by atoms with Crippen molar-refractivity contribution in [2.75, 3.05) is 12.4 Å². The van der Waals surface area contributed by atoms with Crippen molar-refractivity contribution in [3.63, 3.8) is 0 Å². The van der Waals surface area contributed by atoms with Crippen LogP contribution >= 0.6 is 11.6 Å². The van der Waals surface area contributed by atoms with E-state index in [0.717, 1.165) is 31.1 Å². The molecule has 0 aliphatic heterocycles. The second-order valence-electron chi connectivity index (χ2n) is 5.99. The van der Waals surface area contributed by atoms with Crippen molar-refractivity contribution >= 4 is 11.6 Å². The average Bonchev–Trinajstić information content (AvgIpc) is 3.10. The lowest BCUT2D eigenvalue weighted by molar-refractivity contribution is 0.424. The zero-order valence-corrected chi connectivity index (χ0v) is 13.4. The zero-order valence-electron chi connectivity index (χ0n) is 12.7. The first-order valence-electron chi connectivity index (χ1n) is 8.14. The highest BCUT2D eigenvalue weighted by atomic mass is 35.5. The largest absolute Gasteiger partial charge is 0.311 e. The van der Waals surface area contributed by atoms with Gasteiger partial charge in [0.15, 0.2) is 0 Å². The molecule has 0 amide bonds. The van der Waals surface area contributed by atoms with E-state index in [1.165, 1.54) is 38.5 Å². The van der Waals surface area contributed by atoms with Gasteiger partial charge >= 0.3 is 0 Å². The third kappa shape index (κ3) is 4.78. The highest BCUT2D eigenvalue weighted by molar-refractivity contribution is 6.17. The van der Waals surface area contributed by atoms with Gasteiger partial charge in [-0.2, -0.15) is 5.10 Å². The maximum Gasteiger partial charge on any atom is 0.0762 e. The second-order valence-corrected chi connectivity index (χ2v) is 6.37. The van der Waals surface area contributed by atoms with Crippen LogP contribution in [0, 0.1) is 5.92 Å². The number of rotatable bonds is 9. The Bertz CT molecular complexity index is 366. The summed E-state index contributed by atoms with van der Waals surface area (Å²) in [5.74, 6) is 1.47. The van der Waals surface area contributed by atoms with E-state index in [9.17, 15) is 0 Å². The summed E-state index contributed by atoms with van der Waals surface area (Å²) in [6.45, 7) is 4.17. The van der Waals surface area contributed by atoms with Crippen LogP contribution in [0.15, 0.2) is 12.3 Å². The summed E-state index contributed by atoms with van der Waals surface area (Å²) >= 11 is 5.86. The summed E-state index contributed by atoms with van der Waals surface area (Å²) in [7, 11) is 0. The Kier molecular flexibility index (Phi) is 6.88. The summed E-state index contributed by atoms with van der Waals surface area (Å²) in [6.07, 6.45) is 11.1. The number of aromatic nitrogens is 2. The molecule has 0 aromatic carbocycles. The minimum absolute atomic E-state index is 0.646. The lowest BCUT2D eigenvalue weighted by Gasteiger charge is -2.15. The van der Waals surface area contributed by atoms with Crippen LogP contribution < -0.4 is 5.32 Å². The maximum atomic E-state index is 5.86. The molecule has 114 valence electrons. The molecule has 1 aromatic heterocycles. The van der Waals surface area contributed by atoms with Gasteiger partial charge in [-0.25, -0.2) is 0 Å². The van der Waals surface area contributed by atoms with Gasteiger partial charge in [-0.15, -0.1) is 11.6 Å². The molecule has 1 saturated carbocycles. The molecule has 1 heterocycles. The summed E-state index contributed by atoms with van der Waals surface area (Å²) in [6, 6.07) is 2.80. The van der Waals surface area contributed by atoms with Crippen LogP contribution in [0.2, 0.25) is 0 Å². The Balaban J connectivity index is 1.73. The fourth-order valence-corrected chi connectivity index (χ4v) is 3.47. The average molecular weight is 298 g/mol. The van der Waals surface area contributed by atoms with Crippen LogP contribution in [-0.2, 0) is 6.54 Å². The molecule has 3 nitrogen and oxygen atoms in total. The highest BCUT2D eigenvalue weighted by Crippen LogP contribution is 2.28. The van der Waals surface area contributed by atoms with E-state index in [1.807, 2.05) is 0 Å². The molecule has 4 heteroatoms. The van der Waals surface area contributed by atoms with Crippen molar-refractivity contribution in [2.24, 2.45) is 5.92 Å².